The molecule has 148 valence electrons. The van der Waals surface area contributed by atoms with Crippen molar-refractivity contribution in [3.05, 3.63) is 69.9 Å². The Bertz CT molecular complexity index is 975. The summed E-state index contributed by atoms with van der Waals surface area (Å²) in [6, 6.07) is 13.6. The van der Waals surface area contributed by atoms with Crippen molar-refractivity contribution in [2.75, 3.05) is 13.6 Å². The van der Waals surface area contributed by atoms with Gasteiger partial charge in [0.15, 0.2) is 0 Å². The number of halogens is 1. The lowest BCUT2D eigenvalue weighted by molar-refractivity contribution is 0.178. The molecule has 3 aromatic rings. The Morgan fingerprint density at radius 2 is 1.93 bits per heavy atom. The standard InChI is InChI=1S/C23H28FN3O/c1-27(14-4-5-16-10-12-18(24)13-11-16)19-7-2-6-17(15-19)20-8-3-9-21-22(20)26-23(28)25-21/h3,8-13,17,19H,2,4-7,14-15H2,1H3,(H2,25,26,28). The van der Waals surface area contributed by atoms with Crippen molar-refractivity contribution < 1.29 is 4.39 Å². The summed E-state index contributed by atoms with van der Waals surface area (Å²) in [4.78, 5) is 20.0. The van der Waals surface area contributed by atoms with E-state index in [0.717, 1.165) is 36.8 Å². The number of H-pyrrole nitrogens is 2. The maximum Gasteiger partial charge on any atom is 0.323 e. The SMILES string of the molecule is CN(CCCc1ccc(F)cc1)C1CCCC(c2cccc3[nH]c(=O)[nH]c23)C1. The Morgan fingerprint density at radius 1 is 1.11 bits per heavy atom. The van der Waals surface area contributed by atoms with Gasteiger partial charge in [-0.25, -0.2) is 9.18 Å². The number of imidazole rings is 1. The first-order valence-electron chi connectivity index (χ1n) is 10.3. The summed E-state index contributed by atoms with van der Waals surface area (Å²) in [5, 5.41) is 0. The topological polar surface area (TPSA) is 51.9 Å². The third-order valence-corrected chi connectivity index (χ3v) is 6.18. The van der Waals surface area contributed by atoms with Crippen LogP contribution in [-0.2, 0) is 6.42 Å². The van der Waals surface area contributed by atoms with Crippen LogP contribution in [0.3, 0.4) is 0 Å². The van der Waals surface area contributed by atoms with Gasteiger partial charge < -0.3 is 14.9 Å². The number of hydrogen-bond acceptors (Lipinski definition) is 2. The van der Waals surface area contributed by atoms with E-state index in [1.54, 1.807) is 0 Å². The van der Waals surface area contributed by atoms with E-state index in [1.807, 2.05) is 24.3 Å². The van der Waals surface area contributed by atoms with Crippen LogP contribution >= 0.6 is 0 Å². The molecule has 4 rings (SSSR count). The van der Waals surface area contributed by atoms with Crippen molar-refractivity contribution in [3.8, 4) is 0 Å². The fraction of sp³-hybridized carbons (Fsp3) is 0.435. The van der Waals surface area contributed by atoms with Gasteiger partial charge in [-0.15, -0.1) is 0 Å². The van der Waals surface area contributed by atoms with Crippen LogP contribution in [-0.4, -0.2) is 34.5 Å². The second-order valence-corrected chi connectivity index (χ2v) is 8.08. The first kappa shape index (κ1) is 18.9. The van der Waals surface area contributed by atoms with Crippen LogP contribution in [0.2, 0.25) is 0 Å². The van der Waals surface area contributed by atoms with E-state index in [4.69, 9.17) is 0 Å². The van der Waals surface area contributed by atoms with E-state index in [2.05, 4.69) is 28.0 Å². The smallest absolute Gasteiger partial charge is 0.306 e. The van der Waals surface area contributed by atoms with Gasteiger partial charge >= 0.3 is 5.69 Å². The molecule has 1 heterocycles. The van der Waals surface area contributed by atoms with Crippen molar-refractivity contribution in [2.24, 2.45) is 0 Å². The Labute approximate surface area is 164 Å². The van der Waals surface area contributed by atoms with Crippen LogP contribution in [0, 0.1) is 5.82 Å². The quantitative estimate of drug-likeness (QED) is 0.656. The van der Waals surface area contributed by atoms with Crippen molar-refractivity contribution in [3.63, 3.8) is 0 Å². The maximum absolute atomic E-state index is 13.0. The highest BCUT2D eigenvalue weighted by Gasteiger charge is 2.27. The number of aromatic nitrogens is 2. The summed E-state index contributed by atoms with van der Waals surface area (Å²) in [6.45, 7) is 1.04. The monoisotopic (exact) mass is 381 g/mol. The summed E-state index contributed by atoms with van der Waals surface area (Å²) in [5.41, 5.74) is 4.20. The van der Waals surface area contributed by atoms with Gasteiger partial charge in [0.2, 0.25) is 0 Å². The third kappa shape index (κ3) is 4.20. The summed E-state index contributed by atoms with van der Waals surface area (Å²) < 4.78 is 13.0. The summed E-state index contributed by atoms with van der Waals surface area (Å²) in [7, 11) is 2.22. The molecule has 2 atom stereocenters. The number of aromatic amines is 2. The summed E-state index contributed by atoms with van der Waals surface area (Å²) in [6.07, 6.45) is 6.78. The zero-order valence-corrected chi connectivity index (χ0v) is 16.4. The molecule has 1 fully saturated rings. The molecule has 5 heteroatoms. The van der Waals surface area contributed by atoms with E-state index in [9.17, 15) is 9.18 Å². The molecule has 0 aliphatic heterocycles. The minimum absolute atomic E-state index is 0.132. The molecular weight excluding hydrogens is 353 g/mol. The number of para-hydroxylation sites is 1. The molecule has 0 radical (unpaired) electrons. The number of aryl methyl sites for hydroxylation is 1. The minimum Gasteiger partial charge on any atom is -0.306 e. The zero-order valence-electron chi connectivity index (χ0n) is 16.4. The number of nitrogens with one attached hydrogen (secondary N) is 2. The number of fused-ring (bicyclic) bond motifs is 1. The van der Waals surface area contributed by atoms with Crippen LogP contribution in [0.15, 0.2) is 47.3 Å². The molecule has 0 saturated heterocycles. The first-order chi connectivity index (χ1) is 13.6. The second-order valence-electron chi connectivity index (χ2n) is 8.08. The van der Waals surface area contributed by atoms with E-state index in [1.165, 1.54) is 42.5 Å². The Balaban J connectivity index is 1.37. The largest absolute Gasteiger partial charge is 0.323 e. The molecule has 2 N–H and O–H groups in total. The van der Waals surface area contributed by atoms with Crippen LogP contribution < -0.4 is 5.69 Å². The predicted octanol–water partition coefficient (Wildman–Crippen LogP) is 4.59. The zero-order chi connectivity index (χ0) is 19.5. The van der Waals surface area contributed by atoms with Gasteiger partial charge in [-0.2, -0.15) is 0 Å². The number of benzene rings is 2. The molecular formula is C23H28FN3O. The average molecular weight is 381 g/mol. The highest BCUT2D eigenvalue weighted by molar-refractivity contribution is 5.78. The lowest BCUT2D eigenvalue weighted by Gasteiger charge is -2.35. The Hall–Kier alpha value is -2.40. The number of hydrogen-bond donors (Lipinski definition) is 2. The molecule has 28 heavy (non-hydrogen) atoms. The number of nitrogens with zero attached hydrogens (tertiary/aromatic N) is 1. The Morgan fingerprint density at radius 3 is 2.75 bits per heavy atom. The fourth-order valence-corrected chi connectivity index (χ4v) is 4.63. The van der Waals surface area contributed by atoms with Crippen molar-refractivity contribution >= 4 is 11.0 Å². The van der Waals surface area contributed by atoms with E-state index in [-0.39, 0.29) is 11.5 Å². The van der Waals surface area contributed by atoms with Gasteiger partial charge in [0.25, 0.3) is 0 Å². The molecule has 1 aromatic heterocycles. The maximum atomic E-state index is 13.0. The van der Waals surface area contributed by atoms with Crippen LogP contribution in [0.5, 0.6) is 0 Å². The summed E-state index contributed by atoms with van der Waals surface area (Å²) >= 11 is 0. The van der Waals surface area contributed by atoms with Gasteiger partial charge in [0.05, 0.1) is 11.0 Å². The molecule has 1 aliphatic carbocycles. The van der Waals surface area contributed by atoms with Gasteiger partial charge in [0.1, 0.15) is 5.82 Å². The van der Waals surface area contributed by atoms with Crippen molar-refractivity contribution in [1.82, 2.24) is 14.9 Å². The molecule has 0 spiro atoms. The lowest BCUT2D eigenvalue weighted by atomic mass is 9.80. The molecule has 2 unspecified atom stereocenters. The van der Waals surface area contributed by atoms with E-state index in [0.29, 0.717) is 12.0 Å². The van der Waals surface area contributed by atoms with Crippen LogP contribution in [0.25, 0.3) is 11.0 Å². The molecule has 1 aliphatic rings. The average Bonchev–Trinajstić information content (AvgIpc) is 3.09. The van der Waals surface area contributed by atoms with E-state index < -0.39 is 0 Å². The van der Waals surface area contributed by atoms with Crippen molar-refractivity contribution in [2.45, 2.75) is 50.5 Å². The number of rotatable bonds is 6. The predicted molar refractivity (Wildman–Crippen MR) is 111 cm³/mol. The van der Waals surface area contributed by atoms with Gasteiger partial charge in [-0.3, -0.25) is 0 Å². The fourth-order valence-electron chi connectivity index (χ4n) is 4.63. The minimum atomic E-state index is -0.173. The van der Waals surface area contributed by atoms with Gasteiger partial charge in [-0.1, -0.05) is 30.7 Å². The summed E-state index contributed by atoms with van der Waals surface area (Å²) in [5.74, 6) is 0.307. The first-order valence-corrected chi connectivity index (χ1v) is 10.3. The molecule has 4 nitrogen and oxygen atoms in total. The van der Waals surface area contributed by atoms with Crippen LogP contribution in [0.4, 0.5) is 4.39 Å². The third-order valence-electron chi connectivity index (χ3n) is 6.18. The van der Waals surface area contributed by atoms with Gasteiger partial charge in [0, 0.05) is 6.04 Å². The molecule has 2 aromatic carbocycles. The highest BCUT2D eigenvalue weighted by Crippen LogP contribution is 2.37. The van der Waals surface area contributed by atoms with Gasteiger partial charge in [-0.05, 0) is 80.9 Å². The van der Waals surface area contributed by atoms with E-state index >= 15 is 0 Å². The molecule has 1 saturated carbocycles. The highest BCUT2D eigenvalue weighted by atomic mass is 19.1. The normalized spacial score (nSPS) is 20.1. The second kappa shape index (κ2) is 8.31. The Kier molecular flexibility index (Phi) is 5.62. The lowest BCUT2D eigenvalue weighted by Crippen LogP contribution is -2.36. The molecule has 0 bridgehead atoms. The molecule has 0 amide bonds. The van der Waals surface area contributed by atoms with Crippen LogP contribution in [0.1, 0.15) is 49.1 Å². The van der Waals surface area contributed by atoms with Crippen molar-refractivity contribution in [1.29, 1.82) is 0 Å².